The molecule has 2 aliphatic heterocycles. The van der Waals surface area contributed by atoms with Gasteiger partial charge in [-0.15, -0.1) is 13.9 Å². The van der Waals surface area contributed by atoms with Crippen molar-refractivity contribution in [2.24, 2.45) is 5.92 Å². The molecule has 0 spiro atoms. The Morgan fingerprint density at radius 1 is 1.19 bits per heavy atom. The first kappa shape index (κ1) is 20.0. The molecule has 0 radical (unpaired) electrons. The van der Waals surface area contributed by atoms with Crippen molar-refractivity contribution < 1.29 is 31.4 Å². The second-order valence-corrected chi connectivity index (χ2v) is 7.62. The van der Waals surface area contributed by atoms with Crippen LogP contribution in [0, 0.1) is 5.92 Å². The van der Waals surface area contributed by atoms with Crippen molar-refractivity contribution in [1.29, 1.82) is 0 Å². The molecule has 2 N–H and O–H groups in total. The first-order valence-electron chi connectivity index (χ1n) is 9.63. The third-order valence-corrected chi connectivity index (χ3v) is 5.50. The quantitative estimate of drug-likeness (QED) is 0.621. The smallest absolute Gasteiger partial charge is 0.395 e. The van der Waals surface area contributed by atoms with Crippen molar-refractivity contribution in [2.75, 3.05) is 25.4 Å². The van der Waals surface area contributed by atoms with Gasteiger partial charge in [0.15, 0.2) is 23.0 Å². The van der Waals surface area contributed by atoms with E-state index in [9.17, 15) is 22.0 Å². The Balaban J connectivity index is 1.42. The number of nitrogens with two attached hydrogens (primary N) is 1. The third kappa shape index (κ3) is 3.56. The van der Waals surface area contributed by atoms with E-state index in [1.807, 2.05) is 0 Å². The lowest BCUT2D eigenvalue weighted by molar-refractivity contribution is -0.286. The Morgan fingerprint density at radius 2 is 2.00 bits per heavy atom. The van der Waals surface area contributed by atoms with Crippen LogP contribution in [0.2, 0.25) is 0 Å². The molecule has 1 saturated heterocycles. The predicted octanol–water partition coefficient (Wildman–Crippen LogP) is 3.00. The van der Waals surface area contributed by atoms with E-state index in [4.69, 9.17) is 5.73 Å². The number of hydrogen-bond donors (Lipinski definition) is 1. The lowest BCUT2D eigenvalue weighted by Crippen LogP contribution is -2.42. The molecule has 8 nitrogen and oxygen atoms in total. The fourth-order valence-electron chi connectivity index (χ4n) is 4.03. The van der Waals surface area contributed by atoms with Gasteiger partial charge in [0.2, 0.25) is 5.95 Å². The van der Waals surface area contributed by atoms with Crippen LogP contribution in [-0.4, -0.2) is 56.6 Å². The summed E-state index contributed by atoms with van der Waals surface area (Å²) in [5.41, 5.74) is 6.27. The van der Waals surface area contributed by atoms with Crippen molar-refractivity contribution in [3.05, 3.63) is 18.0 Å². The maximum absolute atomic E-state index is 13.5. The summed E-state index contributed by atoms with van der Waals surface area (Å²) in [5.74, 6) is -1.48. The number of nitrogen functional groups attached to an aromatic ring is 1. The Hall–Kier alpha value is -2.96. The molecule has 2 aromatic heterocycles. The van der Waals surface area contributed by atoms with Gasteiger partial charge in [0.05, 0.1) is 5.92 Å². The molecule has 1 atom stereocenters. The van der Waals surface area contributed by atoms with E-state index in [1.165, 1.54) is 16.6 Å². The van der Waals surface area contributed by atoms with Gasteiger partial charge < -0.3 is 20.1 Å². The largest absolute Gasteiger partial charge is 0.586 e. The van der Waals surface area contributed by atoms with Gasteiger partial charge >= 0.3 is 12.5 Å². The molecule has 0 aliphatic carbocycles. The number of likely N-dealkylation sites (tertiary alicyclic amines) is 1. The van der Waals surface area contributed by atoms with Crippen LogP contribution in [0.3, 0.4) is 0 Å². The number of nitrogens with zero attached hydrogens (tertiary/aromatic N) is 5. The summed E-state index contributed by atoms with van der Waals surface area (Å²) in [6.07, 6.45) is -7.10. The standard InChI is InChI=1S/C18H17F5N6O2/c19-17(20,21)9-2-1-6-28(8-9)7-5-12-25-15-10-3-4-11-14(31-18(22,23)30-11)13(10)26-16(24)29(15)27-12/h3-4,9H,1-2,5-8H2,(H2,24,26). The first-order chi connectivity index (χ1) is 14.6. The second-order valence-electron chi connectivity index (χ2n) is 7.62. The van der Waals surface area contributed by atoms with E-state index in [1.54, 1.807) is 4.90 Å². The highest BCUT2D eigenvalue weighted by atomic mass is 19.4. The number of piperidine rings is 1. The molecule has 5 rings (SSSR count). The third-order valence-electron chi connectivity index (χ3n) is 5.50. The van der Waals surface area contributed by atoms with E-state index >= 15 is 0 Å². The van der Waals surface area contributed by atoms with E-state index in [-0.39, 0.29) is 41.6 Å². The zero-order chi connectivity index (χ0) is 22.0. The highest BCUT2D eigenvalue weighted by Crippen LogP contribution is 2.45. The highest BCUT2D eigenvalue weighted by Gasteiger charge is 2.45. The zero-order valence-electron chi connectivity index (χ0n) is 16.0. The van der Waals surface area contributed by atoms with Crippen LogP contribution < -0.4 is 15.2 Å². The number of alkyl halides is 5. The van der Waals surface area contributed by atoms with E-state index in [0.29, 0.717) is 37.1 Å². The number of rotatable bonds is 3. The molecule has 1 unspecified atom stereocenters. The number of benzene rings is 1. The Bertz CT molecular complexity index is 1160. The van der Waals surface area contributed by atoms with E-state index < -0.39 is 18.4 Å². The molecule has 1 fully saturated rings. The van der Waals surface area contributed by atoms with Crippen LogP contribution >= 0.6 is 0 Å². The number of ether oxygens (including phenoxy) is 2. The van der Waals surface area contributed by atoms with Gasteiger partial charge in [-0.25, -0.2) is 9.97 Å². The summed E-state index contributed by atoms with van der Waals surface area (Å²) < 4.78 is 76.2. The van der Waals surface area contributed by atoms with Crippen LogP contribution in [-0.2, 0) is 6.42 Å². The molecule has 0 saturated carbocycles. The molecular formula is C18H17F5N6O2. The van der Waals surface area contributed by atoms with Gasteiger partial charge in [0, 0.05) is 24.9 Å². The summed E-state index contributed by atoms with van der Waals surface area (Å²) >= 11 is 0. The monoisotopic (exact) mass is 444 g/mol. The SMILES string of the molecule is Nc1nc2c3c(ccc2c2nc(CCN4CCCC(C(F)(F)F)C4)nn12)OC(F)(F)O3. The van der Waals surface area contributed by atoms with Gasteiger partial charge in [-0.2, -0.15) is 17.7 Å². The van der Waals surface area contributed by atoms with Gasteiger partial charge in [-0.3, -0.25) is 0 Å². The molecule has 1 aromatic carbocycles. The first-order valence-corrected chi connectivity index (χ1v) is 9.63. The van der Waals surface area contributed by atoms with Gasteiger partial charge in [0.1, 0.15) is 5.52 Å². The minimum atomic E-state index is -4.21. The number of hydrogen-bond acceptors (Lipinski definition) is 7. The van der Waals surface area contributed by atoms with E-state index in [2.05, 4.69) is 24.5 Å². The average Bonchev–Trinajstić information content (AvgIpc) is 3.26. The Morgan fingerprint density at radius 3 is 2.77 bits per heavy atom. The van der Waals surface area contributed by atoms with Gasteiger partial charge in [-0.1, -0.05) is 0 Å². The molecule has 166 valence electrons. The van der Waals surface area contributed by atoms with Crippen LogP contribution in [0.5, 0.6) is 11.5 Å². The van der Waals surface area contributed by atoms with Gasteiger partial charge in [-0.05, 0) is 31.5 Å². The van der Waals surface area contributed by atoms with Crippen LogP contribution in [0.15, 0.2) is 12.1 Å². The minimum Gasteiger partial charge on any atom is -0.395 e. The van der Waals surface area contributed by atoms with Crippen LogP contribution in [0.1, 0.15) is 18.7 Å². The lowest BCUT2D eigenvalue weighted by atomic mass is 9.97. The van der Waals surface area contributed by atoms with Crippen molar-refractivity contribution in [3.63, 3.8) is 0 Å². The summed E-state index contributed by atoms with van der Waals surface area (Å²) in [7, 11) is 0. The Kier molecular flexibility index (Phi) is 4.36. The minimum absolute atomic E-state index is 0.0544. The number of halogens is 5. The molecule has 3 aromatic rings. The highest BCUT2D eigenvalue weighted by molar-refractivity contribution is 5.97. The maximum Gasteiger partial charge on any atom is 0.586 e. The van der Waals surface area contributed by atoms with Crippen molar-refractivity contribution in [1.82, 2.24) is 24.5 Å². The Labute approximate surface area is 171 Å². The lowest BCUT2D eigenvalue weighted by Gasteiger charge is -2.33. The van der Waals surface area contributed by atoms with Crippen molar-refractivity contribution in [3.8, 4) is 11.5 Å². The molecule has 13 heteroatoms. The van der Waals surface area contributed by atoms with Crippen molar-refractivity contribution >= 4 is 22.5 Å². The zero-order valence-corrected chi connectivity index (χ0v) is 16.0. The van der Waals surface area contributed by atoms with Crippen molar-refractivity contribution in [2.45, 2.75) is 31.7 Å². The summed E-state index contributed by atoms with van der Waals surface area (Å²) in [5, 5.41) is 4.66. The normalized spacial score (nSPS) is 21.3. The molecule has 0 bridgehead atoms. The average molecular weight is 444 g/mol. The van der Waals surface area contributed by atoms with Crippen LogP contribution in [0.4, 0.5) is 27.9 Å². The number of anilines is 1. The predicted molar refractivity (Wildman–Crippen MR) is 97.8 cm³/mol. The number of aromatic nitrogens is 4. The van der Waals surface area contributed by atoms with E-state index in [0.717, 1.165) is 0 Å². The van der Waals surface area contributed by atoms with Gasteiger partial charge in [0.25, 0.3) is 0 Å². The molecule has 2 aliphatic rings. The number of fused-ring (bicyclic) bond motifs is 5. The molecule has 31 heavy (non-hydrogen) atoms. The molecule has 4 heterocycles. The summed E-state index contributed by atoms with van der Waals surface area (Å²) in [4.78, 5) is 10.3. The summed E-state index contributed by atoms with van der Waals surface area (Å²) in [6.45, 7) is 0.874. The maximum atomic E-state index is 13.5. The second kappa shape index (κ2) is 6.77. The van der Waals surface area contributed by atoms with Crippen LogP contribution in [0.25, 0.3) is 16.6 Å². The summed E-state index contributed by atoms with van der Waals surface area (Å²) in [6, 6.07) is 2.81. The topological polar surface area (TPSA) is 90.8 Å². The fraction of sp³-hybridized carbons (Fsp3) is 0.500. The molecular weight excluding hydrogens is 427 g/mol. The molecule has 0 amide bonds. The fourth-order valence-corrected chi connectivity index (χ4v) is 4.03.